The average molecular weight is 267 g/mol. The smallest absolute Gasteiger partial charge is 0.172 e. The average Bonchev–Trinajstić information content (AvgIpc) is 2.83. The summed E-state index contributed by atoms with van der Waals surface area (Å²) >= 11 is 1.32. The monoisotopic (exact) mass is 267 g/mol. The zero-order valence-electron chi connectivity index (χ0n) is 9.79. The summed E-state index contributed by atoms with van der Waals surface area (Å²) in [4.78, 5) is 11.8. The lowest BCUT2D eigenvalue weighted by Gasteiger charge is -2.00. The van der Waals surface area contributed by atoms with Crippen LogP contribution in [0.2, 0.25) is 0 Å². The summed E-state index contributed by atoms with van der Waals surface area (Å²) in [6.45, 7) is 0. The number of para-hydroxylation sites is 2. The van der Waals surface area contributed by atoms with Gasteiger partial charge in [-0.2, -0.15) is 5.26 Å². The summed E-state index contributed by atoms with van der Waals surface area (Å²) in [5.74, 6) is 0. The summed E-state index contributed by atoms with van der Waals surface area (Å²) in [7, 11) is 0. The molecule has 0 aliphatic rings. The minimum atomic E-state index is 0.449. The van der Waals surface area contributed by atoms with Crippen LogP contribution in [0.4, 0.5) is 5.69 Å². The van der Waals surface area contributed by atoms with E-state index in [4.69, 9.17) is 11.0 Å². The molecule has 1 aromatic carbocycles. The molecule has 0 atom stereocenters. The lowest BCUT2D eigenvalue weighted by atomic mass is 10.3. The van der Waals surface area contributed by atoms with Crippen molar-refractivity contribution >= 4 is 28.5 Å². The minimum Gasteiger partial charge on any atom is -0.397 e. The first-order valence-corrected chi connectivity index (χ1v) is 6.36. The Bertz CT molecular complexity index is 754. The number of imidazole rings is 1. The van der Waals surface area contributed by atoms with E-state index < -0.39 is 0 Å². The third-order valence-corrected chi connectivity index (χ3v) is 3.46. The Kier molecular flexibility index (Phi) is 2.82. The number of H-pyrrole nitrogens is 1. The highest BCUT2D eigenvalue weighted by Crippen LogP contribution is 2.28. The predicted molar refractivity (Wildman–Crippen MR) is 73.6 cm³/mol. The molecule has 0 fully saturated rings. The van der Waals surface area contributed by atoms with Gasteiger partial charge in [-0.05, 0) is 30.0 Å². The fourth-order valence-corrected chi connectivity index (χ4v) is 2.51. The molecule has 0 bridgehead atoms. The maximum absolute atomic E-state index is 9.07. The van der Waals surface area contributed by atoms with Crippen molar-refractivity contribution in [3.63, 3.8) is 0 Å². The van der Waals surface area contributed by atoms with Crippen molar-refractivity contribution in [3.05, 3.63) is 42.1 Å². The lowest BCUT2D eigenvalue weighted by molar-refractivity contribution is 1.05. The summed E-state index contributed by atoms with van der Waals surface area (Å²) in [6, 6.07) is 11.4. The molecule has 0 spiro atoms. The maximum Gasteiger partial charge on any atom is 0.172 e. The number of nitriles is 1. The highest BCUT2D eigenvalue weighted by atomic mass is 32.2. The van der Waals surface area contributed by atoms with Crippen LogP contribution in [0.25, 0.3) is 11.0 Å². The Labute approximate surface area is 113 Å². The van der Waals surface area contributed by atoms with Crippen LogP contribution in [-0.4, -0.2) is 15.0 Å². The van der Waals surface area contributed by atoms with Crippen molar-refractivity contribution in [3.8, 4) is 6.07 Å². The van der Waals surface area contributed by atoms with E-state index in [9.17, 15) is 0 Å². The van der Waals surface area contributed by atoms with Crippen molar-refractivity contribution in [1.82, 2.24) is 15.0 Å². The van der Waals surface area contributed by atoms with Gasteiger partial charge in [0.1, 0.15) is 11.1 Å². The van der Waals surface area contributed by atoms with Gasteiger partial charge in [-0.3, -0.25) is 0 Å². The second kappa shape index (κ2) is 4.63. The summed E-state index contributed by atoms with van der Waals surface area (Å²) in [5.41, 5.74) is 8.38. The number of hydrogen-bond donors (Lipinski definition) is 2. The van der Waals surface area contributed by atoms with Crippen LogP contribution in [0.5, 0.6) is 0 Å². The van der Waals surface area contributed by atoms with Crippen molar-refractivity contribution in [1.29, 1.82) is 5.26 Å². The fourth-order valence-electron chi connectivity index (χ4n) is 1.70. The minimum absolute atomic E-state index is 0.449. The highest BCUT2D eigenvalue weighted by molar-refractivity contribution is 7.99. The topological polar surface area (TPSA) is 91.4 Å². The van der Waals surface area contributed by atoms with E-state index in [2.05, 4.69) is 21.0 Å². The molecular formula is C13H9N5S. The molecule has 3 rings (SSSR count). The molecule has 2 heterocycles. The maximum atomic E-state index is 9.07. The van der Waals surface area contributed by atoms with Gasteiger partial charge in [0.2, 0.25) is 0 Å². The second-order valence-corrected chi connectivity index (χ2v) is 4.87. The van der Waals surface area contributed by atoms with Gasteiger partial charge >= 0.3 is 0 Å². The summed E-state index contributed by atoms with van der Waals surface area (Å²) in [5, 5.41) is 10.4. The van der Waals surface area contributed by atoms with E-state index in [1.807, 2.05) is 24.3 Å². The molecule has 0 saturated carbocycles. The quantitative estimate of drug-likeness (QED) is 0.744. The molecule has 3 aromatic rings. The lowest BCUT2D eigenvalue weighted by Crippen LogP contribution is -1.92. The SMILES string of the molecule is N#Cc1cc(N)cnc1Sc1nc2ccccc2[nH]1. The number of rotatable bonds is 2. The third kappa shape index (κ3) is 2.23. The van der Waals surface area contributed by atoms with E-state index >= 15 is 0 Å². The van der Waals surface area contributed by atoms with Gasteiger partial charge in [-0.15, -0.1) is 0 Å². The molecule has 0 saturated heterocycles. The van der Waals surface area contributed by atoms with Crippen LogP contribution in [0.3, 0.4) is 0 Å². The van der Waals surface area contributed by atoms with Crippen LogP contribution < -0.4 is 5.73 Å². The van der Waals surface area contributed by atoms with Gasteiger partial charge < -0.3 is 10.7 Å². The number of benzene rings is 1. The van der Waals surface area contributed by atoms with Gasteiger partial charge in [-0.25, -0.2) is 9.97 Å². The van der Waals surface area contributed by atoms with E-state index in [0.717, 1.165) is 11.0 Å². The fraction of sp³-hybridized carbons (Fsp3) is 0. The van der Waals surface area contributed by atoms with Crippen molar-refractivity contribution < 1.29 is 0 Å². The Hall–Kier alpha value is -2.52. The molecule has 5 nitrogen and oxygen atoms in total. The number of aromatic amines is 1. The Morgan fingerprint density at radius 1 is 1.32 bits per heavy atom. The van der Waals surface area contributed by atoms with Crippen LogP contribution in [0, 0.1) is 11.3 Å². The number of aromatic nitrogens is 3. The van der Waals surface area contributed by atoms with E-state index in [1.54, 1.807) is 6.07 Å². The molecule has 2 aromatic heterocycles. The molecular weight excluding hydrogens is 258 g/mol. The molecule has 0 aliphatic carbocycles. The van der Waals surface area contributed by atoms with Crippen LogP contribution in [0.15, 0.2) is 46.7 Å². The zero-order valence-corrected chi connectivity index (χ0v) is 10.6. The number of nitrogens with one attached hydrogen (secondary N) is 1. The number of anilines is 1. The Balaban J connectivity index is 1.99. The van der Waals surface area contributed by atoms with Crippen LogP contribution in [-0.2, 0) is 0 Å². The molecule has 0 radical (unpaired) electrons. The highest BCUT2D eigenvalue weighted by Gasteiger charge is 2.09. The number of nitrogen functional groups attached to an aromatic ring is 1. The standard InChI is InChI=1S/C13H9N5S/c14-6-8-5-9(15)7-16-12(8)19-13-17-10-3-1-2-4-11(10)18-13/h1-5,7H,15H2,(H,17,18). The summed E-state index contributed by atoms with van der Waals surface area (Å²) < 4.78 is 0. The Morgan fingerprint density at radius 3 is 2.95 bits per heavy atom. The zero-order chi connectivity index (χ0) is 13.2. The molecule has 92 valence electrons. The molecule has 3 N–H and O–H groups in total. The van der Waals surface area contributed by atoms with Gasteiger partial charge in [-0.1, -0.05) is 12.1 Å². The number of pyridine rings is 1. The van der Waals surface area contributed by atoms with E-state index in [0.29, 0.717) is 21.4 Å². The molecule has 6 heteroatoms. The normalized spacial score (nSPS) is 10.5. The first-order chi connectivity index (χ1) is 9.26. The third-order valence-electron chi connectivity index (χ3n) is 2.55. The van der Waals surface area contributed by atoms with Crippen molar-refractivity contribution in [2.75, 3.05) is 5.73 Å². The van der Waals surface area contributed by atoms with Crippen LogP contribution >= 0.6 is 11.8 Å². The van der Waals surface area contributed by atoms with E-state index in [1.165, 1.54) is 18.0 Å². The number of nitrogens with two attached hydrogens (primary N) is 1. The van der Waals surface area contributed by atoms with Crippen molar-refractivity contribution in [2.24, 2.45) is 0 Å². The molecule has 0 aliphatic heterocycles. The predicted octanol–water partition coefficient (Wildman–Crippen LogP) is 2.56. The van der Waals surface area contributed by atoms with Gasteiger partial charge in [0.15, 0.2) is 5.16 Å². The van der Waals surface area contributed by atoms with E-state index in [-0.39, 0.29) is 0 Å². The molecule has 0 unspecified atom stereocenters. The largest absolute Gasteiger partial charge is 0.397 e. The molecule has 0 amide bonds. The number of hydrogen-bond acceptors (Lipinski definition) is 5. The first kappa shape index (κ1) is 11.6. The van der Waals surface area contributed by atoms with Crippen molar-refractivity contribution in [2.45, 2.75) is 10.2 Å². The van der Waals surface area contributed by atoms with Gasteiger partial charge in [0.25, 0.3) is 0 Å². The summed E-state index contributed by atoms with van der Waals surface area (Å²) in [6.07, 6.45) is 1.53. The van der Waals surface area contributed by atoms with Crippen LogP contribution in [0.1, 0.15) is 5.56 Å². The second-order valence-electron chi connectivity index (χ2n) is 3.89. The number of nitrogens with zero attached hydrogens (tertiary/aromatic N) is 3. The van der Waals surface area contributed by atoms with Gasteiger partial charge in [0, 0.05) is 0 Å². The Morgan fingerprint density at radius 2 is 2.16 bits per heavy atom. The first-order valence-electron chi connectivity index (χ1n) is 5.54. The molecule has 19 heavy (non-hydrogen) atoms. The van der Waals surface area contributed by atoms with Gasteiger partial charge in [0.05, 0.1) is 28.5 Å². The number of fused-ring (bicyclic) bond motifs is 1.